The Hall–Kier alpha value is -3.15. The van der Waals surface area contributed by atoms with Crippen LogP contribution >= 0.6 is 0 Å². The molecule has 0 bridgehead atoms. The van der Waals surface area contributed by atoms with E-state index in [4.69, 9.17) is 0 Å². The highest BCUT2D eigenvalue weighted by molar-refractivity contribution is 6.07. The van der Waals surface area contributed by atoms with Crippen LogP contribution in [0.1, 0.15) is 29.6 Å². The molecule has 31 heavy (non-hydrogen) atoms. The van der Waals surface area contributed by atoms with Crippen molar-refractivity contribution in [1.82, 2.24) is 9.88 Å². The first-order chi connectivity index (χ1) is 15.2. The highest BCUT2D eigenvalue weighted by atomic mass is 19.1. The summed E-state index contributed by atoms with van der Waals surface area (Å²) in [6.07, 6.45) is 4.92. The number of pyridine rings is 1. The third kappa shape index (κ3) is 3.94. The van der Waals surface area contributed by atoms with Gasteiger partial charge in [0.25, 0.3) is 5.91 Å². The van der Waals surface area contributed by atoms with Crippen molar-refractivity contribution in [2.45, 2.75) is 19.3 Å². The number of para-hydroxylation sites is 1. The van der Waals surface area contributed by atoms with Crippen LogP contribution in [0.4, 0.5) is 15.8 Å². The number of anilines is 2. The minimum Gasteiger partial charge on any atom is -0.368 e. The second-order valence-electron chi connectivity index (χ2n) is 8.34. The lowest BCUT2D eigenvalue weighted by Crippen LogP contribution is -2.47. The SMILES string of the molecule is O=C(c1cnc2ccc(F)cc2c1N1CCN(c2ccccc2)CC1)N1CCCCC1. The van der Waals surface area contributed by atoms with Gasteiger partial charge in [-0.3, -0.25) is 9.78 Å². The molecular weight excluding hydrogens is 391 g/mol. The lowest BCUT2D eigenvalue weighted by atomic mass is 10.0. The molecule has 6 heteroatoms. The number of nitrogens with zero attached hydrogens (tertiary/aromatic N) is 4. The molecule has 0 aliphatic carbocycles. The van der Waals surface area contributed by atoms with Crippen molar-refractivity contribution in [3.63, 3.8) is 0 Å². The summed E-state index contributed by atoms with van der Waals surface area (Å²) in [5, 5.41) is 0.719. The second-order valence-corrected chi connectivity index (χ2v) is 8.34. The molecule has 3 aromatic rings. The van der Waals surface area contributed by atoms with Crippen molar-refractivity contribution >= 4 is 28.2 Å². The first-order valence-electron chi connectivity index (χ1n) is 11.1. The van der Waals surface area contributed by atoms with Crippen LogP contribution in [0, 0.1) is 5.82 Å². The first kappa shape index (κ1) is 19.8. The van der Waals surface area contributed by atoms with Crippen LogP contribution in [0.5, 0.6) is 0 Å². The van der Waals surface area contributed by atoms with Crippen LogP contribution in [-0.2, 0) is 0 Å². The van der Waals surface area contributed by atoms with E-state index in [9.17, 15) is 9.18 Å². The first-order valence-corrected chi connectivity index (χ1v) is 11.1. The topological polar surface area (TPSA) is 39.7 Å². The van der Waals surface area contributed by atoms with E-state index in [2.05, 4.69) is 39.0 Å². The average molecular weight is 419 g/mol. The molecule has 5 rings (SSSR count). The Balaban J connectivity index is 1.50. The number of piperidine rings is 1. The molecule has 160 valence electrons. The molecule has 0 unspecified atom stereocenters. The Morgan fingerprint density at radius 1 is 0.839 bits per heavy atom. The molecule has 2 fully saturated rings. The van der Waals surface area contributed by atoms with Gasteiger partial charge in [0.1, 0.15) is 5.82 Å². The van der Waals surface area contributed by atoms with E-state index in [0.29, 0.717) is 5.56 Å². The molecule has 2 aliphatic rings. The monoisotopic (exact) mass is 418 g/mol. The number of rotatable bonds is 3. The van der Waals surface area contributed by atoms with Crippen LogP contribution < -0.4 is 9.80 Å². The van der Waals surface area contributed by atoms with E-state index in [1.165, 1.54) is 24.2 Å². The lowest BCUT2D eigenvalue weighted by molar-refractivity contribution is 0.0724. The quantitative estimate of drug-likeness (QED) is 0.635. The number of aromatic nitrogens is 1. The molecule has 0 radical (unpaired) electrons. The fraction of sp³-hybridized carbons (Fsp3) is 0.360. The molecule has 2 aliphatic heterocycles. The van der Waals surface area contributed by atoms with Crippen molar-refractivity contribution in [2.24, 2.45) is 0 Å². The number of piperazine rings is 1. The number of carbonyl (C=O) groups is 1. The molecule has 2 saturated heterocycles. The summed E-state index contributed by atoms with van der Waals surface area (Å²) in [6.45, 7) is 4.79. The van der Waals surface area contributed by atoms with Gasteiger partial charge in [-0.25, -0.2) is 4.39 Å². The number of halogens is 1. The molecule has 0 saturated carbocycles. The van der Waals surface area contributed by atoms with Crippen molar-refractivity contribution in [1.29, 1.82) is 0 Å². The van der Waals surface area contributed by atoms with E-state index >= 15 is 0 Å². The molecule has 0 spiro atoms. The van der Waals surface area contributed by atoms with Crippen molar-refractivity contribution < 1.29 is 9.18 Å². The summed E-state index contributed by atoms with van der Waals surface area (Å²) in [5.41, 5.74) is 3.34. The van der Waals surface area contributed by atoms with Crippen molar-refractivity contribution in [3.8, 4) is 0 Å². The third-order valence-electron chi connectivity index (χ3n) is 6.39. The van der Waals surface area contributed by atoms with Crippen LogP contribution in [0.3, 0.4) is 0 Å². The molecule has 5 nitrogen and oxygen atoms in total. The van der Waals surface area contributed by atoms with Crippen LogP contribution in [0.2, 0.25) is 0 Å². The molecular formula is C25H27FN4O. The summed E-state index contributed by atoms with van der Waals surface area (Å²) in [5.74, 6) is -0.292. The number of fused-ring (bicyclic) bond motifs is 1. The zero-order valence-corrected chi connectivity index (χ0v) is 17.6. The number of benzene rings is 2. The van der Waals surface area contributed by atoms with E-state index < -0.39 is 0 Å². The van der Waals surface area contributed by atoms with Crippen molar-refractivity contribution in [2.75, 3.05) is 49.1 Å². The molecule has 0 N–H and O–H groups in total. The maximum atomic E-state index is 14.2. The predicted octanol–water partition coefficient (Wildman–Crippen LogP) is 4.33. The number of likely N-dealkylation sites (tertiary alicyclic amines) is 1. The normalized spacial score (nSPS) is 17.3. The fourth-order valence-electron chi connectivity index (χ4n) is 4.74. The van der Waals surface area contributed by atoms with Gasteiger partial charge in [-0.15, -0.1) is 0 Å². The van der Waals surface area contributed by atoms with Gasteiger partial charge < -0.3 is 14.7 Å². The van der Waals surface area contributed by atoms with Crippen LogP contribution in [0.25, 0.3) is 10.9 Å². The van der Waals surface area contributed by atoms with E-state index in [0.717, 1.165) is 68.7 Å². The number of hydrogen-bond donors (Lipinski definition) is 0. The van der Waals surface area contributed by atoms with Gasteiger partial charge in [0.05, 0.1) is 16.8 Å². The van der Waals surface area contributed by atoms with Gasteiger partial charge >= 0.3 is 0 Å². The highest BCUT2D eigenvalue weighted by Gasteiger charge is 2.27. The van der Waals surface area contributed by atoms with Gasteiger partial charge in [0.15, 0.2) is 0 Å². The minimum absolute atomic E-state index is 0.0128. The molecule has 3 heterocycles. The number of hydrogen-bond acceptors (Lipinski definition) is 4. The Bertz CT molecular complexity index is 1070. The predicted molar refractivity (Wildman–Crippen MR) is 122 cm³/mol. The Morgan fingerprint density at radius 3 is 2.29 bits per heavy atom. The molecule has 2 aromatic carbocycles. The third-order valence-corrected chi connectivity index (χ3v) is 6.39. The average Bonchev–Trinajstić information content (AvgIpc) is 2.84. The van der Waals surface area contributed by atoms with Gasteiger partial charge in [-0.2, -0.15) is 0 Å². The largest absolute Gasteiger partial charge is 0.368 e. The molecule has 1 aromatic heterocycles. The number of carbonyl (C=O) groups excluding carboxylic acids is 1. The van der Waals surface area contributed by atoms with Crippen LogP contribution in [-0.4, -0.2) is 55.1 Å². The smallest absolute Gasteiger partial charge is 0.257 e. The zero-order valence-electron chi connectivity index (χ0n) is 17.6. The van der Waals surface area contributed by atoms with Gasteiger partial charge in [-0.05, 0) is 49.6 Å². The lowest BCUT2D eigenvalue weighted by Gasteiger charge is -2.39. The second kappa shape index (κ2) is 8.53. The standard InChI is InChI=1S/C25H27FN4O/c26-19-9-10-23-21(17-19)24(22(18-27-23)25(31)30-11-5-2-6-12-30)29-15-13-28(14-16-29)20-7-3-1-4-8-20/h1,3-4,7-10,17-18H,2,5-6,11-16H2. The summed E-state index contributed by atoms with van der Waals surface area (Å²) in [6, 6.07) is 15.0. The van der Waals surface area contributed by atoms with Crippen LogP contribution in [0.15, 0.2) is 54.7 Å². The van der Waals surface area contributed by atoms with E-state index in [1.54, 1.807) is 12.3 Å². The summed E-state index contributed by atoms with van der Waals surface area (Å²) in [7, 11) is 0. The summed E-state index contributed by atoms with van der Waals surface area (Å²) >= 11 is 0. The zero-order chi connectivity index (χ0) is 21.2. The van der Waals surface area contributed by atoms with Gasteiger partial charge in [-0.1, -0.05) is 18.2 Å². The molecule has 1 amide bonds. The van der Waals surface area contributed by atoms with Crippen molar-refractivity contribution in [3.05, 3.63) is 66.1 Å². The van der Waals surface area contributed by atoms with E-state index in [1.807, 2.05) is 11.0 Å². The Morgan fingerprint density at radius 2 is 1.55 bits per heavy atom. The summed E-state index contributed by atoms with van der Waals surface area (Å²) < 4.78 is 14.2. The Labute approximate surface area is 182 Å². The highest BCUT2D eigenvalue weighted by Crippen LogP contribution is 2.33. The Kier molecular flexibility index (Phi) is 5.45. The van der Waals surface area contributed by atoms with Gasteiger partial charge in [0, 0.05) is 56.5 Å². The molecule has 0 atom stereocenters. The van der Waals surface area contributed by atoms with E-state index in [-0.39, 0.29) is 11.7 Å². The maximum Gasteiger partial charge on any atom is 0.257 e. The maximum absolute atomic E-state index is 14.2. The van der Waals surface area contributed by atoms with Gasteiger partial charge in [0.2, 0.25) is 0 Å². The number of amides is 1. The summed E-state index contributed by atoms with van der Waals surface area (Å²) in [4.78, 5) is 24.5. The fourth-order valence-corrected chi connectivity index (χ4v) is 4.74. The minimum atomic E-state index is -0.305.